The molecular formula is C6H5FN2O. The molecule has 0 aromatic carbocycles. The molecule has 0 aliphatic rings. The maximum absolute atomic E-state index is 12.5. The second-order valence-corrected chi connectivity index (χ2v) is 1.75. The molecule has 0 bridgehead atoms. The van der Waals surface area contributed by atoms with E-state index >= 15 is 0 Å². The Hall–Kier alpha value is -1.45. The summed E-state index contributed by atoms with van der Waals surface area (Å²) in [7, 11) is 0. The Kier molecular flexibility index (Phi) is 1.62. The summed E-state index contributed by atoms with van der Waals surface area (Å²) in [6.07, 6.45) is 1.49. The van der Waals surface area contributed by atoms with Crippen LogP contribution in [0.15, 0.2) is 12.3 Å². The van der Waals surface area contributed by atoms with Crippen molar-refractivity contribution in [2.75, 3.05) is 5.73 Å². The quantitative estimate of drug-likeness (QED) is 0.581. The van der Waals surface area contributed by atoms with Gasteiger partial charge in [-0.05, 0) is 0 Å². The first-order chi connectivity index (χ1) is 4.74. The minimum atomic E-state index is -0.637. The van der Waals surface area contributed by atoms with Gasteiger partial charge >= 0.3 is 0 Å². The molecule has 2 N–H and O–H groups in total. The molecular weight excluding hydrogens is 135 g/mol. The highest BCUT2D eigenvalue weighted by Gasteiger charge is 1.99. The molecule has 1 rings (SSSR count). The number of carbonyl (C=O) groups is 1. The van der Waals surface area contributed by atoms with E-state index in [-0.39, 0.29) is 11.4 Å². The number of aldehydes is 1. The average molecular weight is 140 g/mol. The summed E-state index contributed by atoms with van der Waals surface area (Å²) in [5.74, 6) is -0.564. The summed E-state index contributed by atoms with van der Waals surface area (Å²) in [5.41, 5.74) is 5.04. The number of hydrogen-bond acceptors (Lipinski definition) is 3. The number of carbonyl (C=O) groups excluding carboxylic acids is 1. The lowest BCUT2D eigenvalue weighted by molar-refractivity contribution is 0.111. The van der Waals surface area contributed by atoms with E-state index in [1.807, 2.05) is 0 Å². The highest BCUT2D eigenvalue weighted by molar-refractivity contribution is 5.74. The van der Waals surface area contributed by atoms with Gasteiger partial charge in [-0.3, -0.25) is 4.79 Å². The fourth-order valence-electron chi connectivity index (χ4n) is 0.543. The molecule has 1 aromatic rings. The van der Waals surface area contributed by atoms with Gasteiger partial charge in [0.25, 0.3) is 0 Å². The number of nitrogens with zero attached hydrogens (tertiary/aromatic N) is 1. The Balaban J connectivity index is 3.19. The molecule has 0 fully saturated rings. The van der Waals surface area contributed by atoms with E-state index in [0.29, 0.717) is 6.29 Å². The first kappa shape index (κ1) is 6.67. The summed E-state index contributed by atoms with van der Waals surface area (Å²) >= 11 is 0. The second kappa shape index (κ2) is 2.43. The number of nitrogen functional groups attached to an aromatic ring is 1. The zero-order chi connectivity index (χ0) is 7.56. The maximum Gasteiger partial charge on any atom is 0.154 e. The first-order valence-corrected chi connectivity index (χ1v) is 2.60. The number of rotatable bonds is 1. The molecule has 0 aliphatic heterocycles. The van der Waals surface area contributed by atoms with Crippen molar-refractivity contribution in [2.24, 2.45) is 0 Å². The Labute approximate surface area is 56.7 Å². The summed E-state index contributed by atoms with van der Waals surface area (Å²) < 4.78 is 12.5. The molecule has 0 aliphatic carbocycles. The molecule has 0 unspecified atom stereocenters. The van der Waals surface area contributed by atoms with E-state index < -0.39 is 5.82 Å². The van der Waals surface area contributed by atoms with Crippen molar-refractivity contribution in [3.8, 4) is 0 Å². The third kappa shape index (κ3) is 1.10. The minimum absolute atomic E-state index is 0.0723. The smallest absolute Gasteiger partial charge is 0.154 e. The molecule has 3 nitrogen and oxygen atoms in total. The fraction of sp³-hybridized carbons (Fsp3) is 0. The van der Waals surface area contributed by atoms with E-state index in [2.05, 4.69) is 4.98 Å². The average Bonchev–Trinajstić information content (AvgIpc) is 1.88. The van der Waals surface area contributed by atoms with E-state index in [0.717, 1.165) is 12.3 Å². The van der Waals surface area contributed by atoms with Crippen LogP contribution in [0.25, 0.3) is 0 Å². The summed E-state index contributed by atoms with van der Waals surface area (Å²) in [4.78, 5) is 13.5. The molecule has 0 spiro atoms. The molecule has 10 heavy (non-hydrogen) atoms. The van der Waals surface area contributed by atoms with Gasteiger partial charge in [0.15, 0.2) is 6.29 Å². The van der Waals surface area contributed by atoms with Crippen molar-refractivity contribution < 1.29 is 9.18 Å². The lowest BCUT2D eigenvalue weighted by Gasteiger charge is -1.93. The molecule has 0 saturated carbocycles. The van der Waals surface area contributed by atoms with Gasteiger partial charge in [0.1, 0.15) is 11.6 Å². The predicted molar refractivity (Wildman–Crippen MR) is 34.0 cm³/mol. The van der Waals surface area contributed by atoms with Crippen molar-refractivity contribution in [1.82, 2.24) is 4.98 Å². The maximum atomic E-state index is 12.5. The van der Waals surface area contributed by atoms with Gasteiger partial charge in [-0.1, -0.05) is 0 Å². The van der Waals surface area contributed by atoms with Gasteiger partial charge in [-0.25, -0.2) is 9.37 Å². The topological polar surface area (TPSA) is 56.0 Å². The van der Waals surface area contributed by atoms with Crippen LogP contribution in [0, 0.1) is 5.82 Å². The minimum Gasteiger partial charge on any atom is -0.384 e. The van der Waals surface area contributed by atoms with Crippen LogP contribution >= 0.6 is 0 Å². The van der Waals surface area contributed by atoms with Crippen LogP contribution in [-0.2, 0) is 0 Å². The van der Waals surface area contributed by atoms with Gasteiger partial charge in [-0.15, -0.1) is 0 Å². The highest BCUT2D eigenvalue weighted by Crippen LogP contribution is 2.05. The van der Waals surface area contributed by atoms with Crippen molar-refractivity contribution in [2.45, 2.75) is 0 Å². The standard InChI is InChI=1S/C6H5FN2O/c7-5-1-6(8)9-2-4(5)3-10/h1-3H,(H2,8,9). The molecule has 0 amide bonds. The van der Waals surface area contributed by atoms with E-state index in [9.17, 15) is 9.18 Å². The Morgan fingerprint density at radius 3 is 2.90 bits per heavy atom. The molecule has 0 radical (unpaired) electrons. The normalized spacial score (nSPS) is 9.30. The molecule has 1 heterocycles. The van der Waals surface area contributed by atoms with Crippen LogP contribution in [0.2, 0.25) is 0 Å². The Morgan fingerprint density at radius 1 is 1.70 bits per heavy atom. The summed E-state index contributed by atoms with van der Waals surface area (Å²) in [6, 6.07) is 1.00. The highest BCUT2D eigenvalue weighted by atomic mass is 19.1. The molecule has 52 valence electrons. The first-order valence-electron chi connectivity index (χ1n) is 2.60. The lowest BCUT2D eigenvalue weighted by atomic mass is 10.3. The number of aromatic nitrogens is 1. The lowest BCUT2D eigenvalue weighted by Crippen LogP contribution is -1.94. The Morgan fingerprint density at radius 2 is 2.40 bits per heavy atom. The summed E-state index contributed by atoms with van der Waals surface area (Å²) in [6.45, 7) is 0. The van der Waals surface area contributed by atoms with Crippen molar-refractivity contribution in [3.05, 3.63) is 23.6 Å². The van der Waals surface area contributed by atoms with Gasteiger partial charge in [0.05, 0.1) is 5.56 Å². The van der Waals surface area contributed by atoms with E-state index in [4.69, 9.17) is 5.73 Å². The van der Waals surface area contributed by atoms with Crippen molar-refractivity contribution in [1.29, 1.82) is 0 Å². The monoisotopic (exact) mass is 140 g/mol. The van der Waals surface area contributed by atoms with Gasteiger partial charge < -0.3 is 5.73 Å². The van der Waals surface area contributed by atoms with Crippen LogP contribution in [0.3, 0.4) is 0 Å². The largest absolute Gasteiger partial charge is 0.384 e. The number of nitrogens with two attached hydrogens (primary N) is 1. The number of halogens is 1. The van der Waals surface area contributed by atoms with Gasteiger partial charge in [0.2, 0.25) is 0 Å². The van der Waals surface area contributed by atoms with Crippen LogP contribution < -0.4 is 5.73 Å². The number of hydrogen-bond donors (Lipinski definition) is 1. The van der Waals surface area contributed by atoms with E-state index in [1.165, 1.54) is 0 Å². The molecule has 0 saturated heterocycles. The third-order valence-electron chi connectivity index (χ3n) is 1.03. The van der Waals surface area contributed by atoms with Gasteiger partial charge in [-0.2, -0.15) is 0 Å². The van der Waals surface area contributed by atoms with Crippen molar-refractivity contribution in [3.63, 3.8) is 0 Å². The Bertz CT molecular complexity index is 262. The zero-order valence-corrected chi connectivity index (χ0v) is 5.04. The van der Waals surface area contributed by atoms with Crippen molar-refractivity contribution >= 4 is 12.1 Å². The van der Waals surface area contributed by atoms with E-state index in [1.54, 1.807) is 0 Å². The molecule has 4 heteroatoms. The zero-order valence-electron chi connectivity index (χ0n) is 5.04. The SMILES string of the molecule is Nc1cc(F)c(C=O)cn1. The molecule has 0 atom stereocenters. The third-order valence-corrected chi connectivity index (χ3v) is 1.03. The summed E-state index contributed by atoms with van der Waals surface area (Å²) in [5, 5.41) is 0. The van der Waals surface area contributed by atoms with Crippen LogP contribution in [-0.4, -0.2) is 11.3 Å². The van der Waals surface area contributed by atoms with Gasteiger partial charge in [0, 0.05) is 12.3 Å². The predicted octanol–water partition coefficient (Wildman–Crippen LogP) is 0.615. The van der Waals surface area contributed by atoms with Crippen LogP contribution in [0.4, 0.5) is 10.2 Å². The van der Waals surface area contributed by atoms with Crippen LogP contribution in [0.1, 0.15) is 10.4 Å². The number of pyridine rings is 1. The molecule has 1 aromatic heterocycles. The van der Waals surface area contributed by atoms with Crippen LogP contribution in [0.5, 0.6) is 0 Å². The second-order valence-electron chi connectivity index (χ2n) is 1.75. The number of anilines is 1. The fourth-order valence-corrected chi connectivity index (χ4v) is 0.543.